The van der Waals surface area contributed by atoms with Gasteiger partial charge in [0, 0.05) is 24.3 Å². The predicted octanol–water partition coefficient (Wildman–Crippen LogP) is 5.03. The monoisotopic (exact) mass is 465 g/mol. The first-order valence-corrected chi connectivity index (χ1v) is 11.6. The summed E-state index contributed by atoms with van der Waals surface area (Å²) in [5.41, 5.74) is 3.58. The highest BCUT2D eigenvalue weighted by Gasteiger charge is 2.35. The summed E-state index contributed by atoms with van der Waals surface area (Å²) in [7, 11) is 0. The van der Waals surface area contributed by atoms with Crippen molar-refractivity contribution in [2.75, 3.05) is 16.8 Å². The Morgan fingerprint density at radius 1 is 1.03 bits per heavy atom. The molecule has 0 radical (unpaired) electrons. The number of amides is 2. The van der Waals surface area contributed by atoms with E-state index in [0.717, 1.165) is 16.8 Å². The van der Waals surface area contributed by atoms with Gasteiger partial charge in [-0.1, -0.05) is 66.7 Å². The fourth-order valence-electron chi connectivity index (χ4n) is 4.18. The molecular formula is C28H27N5O2. The number of hydrazone groups is 1. The molecule has 3 aromatic carbocycles. The van der Waals surface area contributed by atoms with Gasteiger partial charge in [0.2, 0.25) is 5.91 Å². The van der Waals surface area contributed by atoms with E-state index in [-0.39, 0.29) is 18.4 Å². The summed E-state index contributed by atoms with van der Waals surface area (Å²) in [5, 5.41) is 18.1. The molecule has 0 fully saturated rings. The number of carbonyl (C=O) groups excluding carboxylic acids is 2. The van der Waals surface area contributed by atoms with Gasteiger partial charge in [0.1, 0.15) is 12.3 Å². The van der Waals surface area contributed by atoms with E-state index in [4.69, 9.17) is 5.10 Å². The summed E-state index contributed by atoms with van der Waals surface area (Å²) in [6.45, 7) is 2.47. The Labute approximate surface area is 205 Å². The minimum absolute atomic E-state index is 0.316. The van der Waals surface area contributed by atoms with Gasteiger partial charge >= 0.3 is 0 Å². The van der Waals surface area contributed by atoms with Crippen LogP contribution in [0.1, 0.15) is 36.4 Å². The first-order chi connectivity index (χ1) is 17.1. The van der Waals surface area contributed by atoms with Crippen molar-refractivity contribution >= 4 is 29.0 Å². The quantitative estimate of drug-likeness (QED) is 0.496. The minimum atomic E-state index is -0.392. The molecule has 0 aromatic heterocycles. The van der Waals surface area contributed by atoms with Crippen LogP contribution in [0, 0.1) is 18.3 Å². The van der Waals surface area contributed by atoms with Crippen LogP contribution in [0.4, 0.5) is 11.4 Å². The van der Waals surface area contributed by atoms with E-state index >= 15 is 0 Å². The van der Waals surface area contributed by atoms with Crippen LogP contribution in [0.25, 0.3) is 0 Å². The van der Waals surface area contributed by atoms with Gasteiger partial charge in [-0.15, -0.1) is 0 Å². The van der Waals surface area contributed by atoms with Crippen molar-refractivity contribution in [3.8, 4) is 6.07 Å². The molecule has 1 atom stereocenters. The van der Waals surface area contributed by atoms with Gasteiger partial charge in [0.15, 0.2) is 0 Å². The zero-order valence-corrected chi connectivity index (χ0v) is 19.6. The molecule has 0 spiro atoms. The number of rotatable bonds is 7. The van der Waals surface area contributed by atoms with Gasteiger partial charge in [0.05, 0.1) is 18.5 Å². The van der Waals surface area contributed by atoms with Crippen molar-refractivity contribution in [1.29, 1.82) is 5.26 Å². The molecule has 0 unspecified atom stereocenters. The lowest BCUT2D eigenvalue weighted by molar-refractivity contribution is -0.136. The highest BCUT2D eigenvalue weighted by atomic mass is 16.2. The lowest BCUT2D eigenvalue weighted by Gasteiger charge is -2.25. The Balaban J connectivity index is 1.62. The summed E-state index contributed by atoms with van der Waals surface area (Å²) in [6.07, 6.45) is 0.476. The number of anilines is 2. The van der Waals surface area contributed by atoms with Gasteiger partial charge in [-0.2, -0.15) is 10.4 Å². The number of hydrogen-bond donors (Lipinski definition) is 1. The van der Waals surface area contributed by atoms with Crippen LogP contribution in [0.15, 0.2) is 90.0 Å². The van der Waals surface area contributed by atoms with E-state index in [9.17, 15) is 14.9 Å². The van der Waals surface area contributed by atoms with Crippen molar-refractivity contribution in [2.24, 2.45) is 5.10 Å². The van der Waals surface area contributed by atoms with Crippen molar-refractivity contribution < 1.29 is 9.59 Å². The third-order valence-electron chi connectivity index (χ3n) is 5.87. The Kier molecular flexibility index (Phi) is 7.53. The van der Waals surface area contributed by atoms with Crippen molar-refractivity contribution in [2.45, 2.75) is 32.2 Å². The Morgan fingerprint density at radius 2 is 1.69 bits per heavy atom. The lowest BCUT2D eigenvalue weighted by Crippen LogP contribution is -2.31. The Morgan fingerprint density at radius 3 is 2.37 bits per heavy atom. The van der Waals surface area contributed by atoms with E-state index in [1.54, 1.807) is 12.1 Å². The summed E-state index contributed by atoms with van der Waals surface area (Å²) in [5.74, 6) is -0.0792. The van der Waals surface area contributed by atoms with Crippen molar-refractivity contribution in [1.82, 2.24) is 5.01 Å². The molecule has 2 amide bonds. The summed E-state index contributed by atoms with van der Waals surface area (Å²) in [6, 6.07) is 28.5. The molecule has 7 heteroatoms. The fourth-order valence-corrected chi connectivity index (χ4v) is 4.18. The molecule has 4 rings (SSSR count). The standard InChI is InChI=1S/C28H27N5O2/c1-21-11-8-9-16-24(21)32(18-10-17-29)26-19-25(22-12-4-2-5-13-22)33(31-26)28(35)20-27(34)30-23-14-6-3-7-15-23/h2-9,11-16,25H,10,18-20H2,1H3,(H,30,34)/t25-/m1/s1. The first kappa shape index (κ1) is 23.7. The molecule has 3 aromatic rings. The molecule has 1 aliphatic rings. The zero-order valence-electron chi connectivity index (χ0n) is 19.6. The highest BCUT2D eigenvalue weighted by molar-refractivity contribution is 6.06. The van der Waals surface area contributed by atoms with Crippen LogP contribution in [0.3, 0.4) is 0 Å². The molecule has 0 saturated carbocycles. The van der Waals surface area contributed by atoms with Crippen LogP contribution in [0.5, 0.6) is 0 Å². The normalized spacial score (nSPS) is 14.7. The SMILES string of the molecule is Cc1ccccc1N(CCC#N)C1=NN(C(=O)CC(=O)Nc2ccccc2)[C@@H](c2ccccc2)C1. The van der Waals surface area contributed by atoms with E-state index in [2.05, 4.69) is 11.4 Å². The number of nitrogens with zero attached hydrogens (tertiary/aromatic N) is 4. The average Bonchev–Trinajstić information content (AvgIpc) is 3.32. The average molecular weight is 466 g/mol. The van der Waals surface area contributed by atoms with Crippen LogP contribution < -0.4 is 10.2 Å². The second kappa shape index (κ2) is 11.1. The number of nitriles is 1. The summed E-state index contributed by atoms with van der Waals surface area (Å²) < 4.78 is 0. The maximum absolute atomic E-state index is 13.3. The molecule has 0 saturated heterocycles. The maximum Gasteiger partial charge on any atom is 0.252 e. The second-order valence-electron chi connectivity index (χ2n) is 8.32. The van der Waals surface area contributed by atoms with Gasteiger partial charge in [0.25, 0.3) is 5.91 Å². The van der Waals surface area contributed by atoms with Gasteiger partial charge in [-0.25, -0.2) is 5.01 Å². The molecular weight excluding hydrogens is 438 g/mol. The molecule has 1 aliphatic heterocycles. The molecule has 1 N–H and O–H groups in total. The van der Waals surface area contributed by atoms with Crippen LogP contribution >= 0.6 is 0 Å². The maximum atomic E-state index is 13.3. The number of carbonyl (C=O) groups is 2. The summed E-state index contributed by atoms with van der Waals surface area (Å²) in [4.78, 5) is 27.9. The number of amidine groups is 1. The van der Waals surface area contributed by atoms with Gasteiger partial charge in [-0.3, -0.25) is 9.59 Å². The topological polar surface area (TPSA) is 88.8 Å². The van der Waals surface area contributed by atoms with E-state index in [1.807, 2.05) is 84.6 Å². The lowest BCUT2D eigenvalue weighted by atomic mass is 10.0. The number of aryl methyl sites for hydroxylation is 1. The van der Waals surface area contributed by atoms with Crippen molar-refractivity contribution in [3.63, 3.8) is 0 Å². The number of hydrogen-bond acceptors (Lipinski definition) is 5. The van der Waals surface area contributed by atoms with Crippen LogP contribution in [0.2, 0.25) is 0 Å². The van der Waals surface area contributed by atoms with Crippen LogP contribution in [-0.4, -0.2) is 29.2 Å². The van der Waals surface area contributed by atoms with E-state index < -0.39 is 5.91 Å². The Bertz CT molecular complexity index is 1250. The van der Waals surface area contributed by atoms with Gasteiger partial charge < -0.3 is 10.2 Å². The predicted molar refractivity (Wildman–Crippen MR) is 137 cm³/mol. The Hall–Kier alpha value is -4.44. The third-order valence-corrected chi connectivity index (χ3v) is 5.87. The largest absolute Gasteiger partial charge is 0.327 e. The zero-order chi connectivity index (χ0) is 24.6. The second-order valence-corrected chi connectivity index (χ2v) is 8.32. The minimum Gasteiger partial charge on any atom is -0.327 e. The molecule has 176 valence electrons. The molecule has 0 bridgehead atoms. The molecule has 7 nitrogen and oxygen atoms in total. The fraction of sp³-hybridized carbons (Fsp3) is 0.214. The van der Waals surface area contributed by atoms with E-state index in [1.165, 1.54) is 5.01 Å². The molecule has 35 heavy (non-hydrogen) atoms. The summed E-state index contributed by atoms with van der Waals surface area (Å²) >= 11 is 0. The van der Waals surface area contributed by atoms with Crippen molar-refractivity contribution in [3.05, 3.63) is 96.1 Å². The smallest absolute Gasteiger partial charge is 0.252 e. The highest BCUT2D eigenvalue weighted by Crippen LogP contribution is 2.34. The third kappa shape index (κ3) is 5.74. The number of benzene rings is 3. The van der Waals surface area contributed by atoms with E-state index in [0.29, 0.717) is 30.9 Å². The molecule has 1 heterocycles. The van der Waals surface area contributed by atoms with Gasteiger partial charge in [-0.05, 0) is 36.2 Å². The number of para-hydroxylation sites is 2. The first-order valence-electron chi connectivity index (χ1n) is 11.6. The number of nitrogens with one attached hydrogen (secondary N) is 1. The molecule has 0 aliphatic carbocycles. The van der Waals surface area contributed by atoms with Crippen LogP contribution in [-0.2, 0) is 9.59 Å².